The molecule has 0 bridgehead atoms. The molecule has 0 N–H and O–H groups in total. The van der Waals surface area contributed by atoms with E-state index in [1.807, 2.05) is 19.6 Å². The number of esters is 1. The van der Waals surface area contributed by atoms with Gasteiger partial charge in [0.15, 0.2) is 0 Å². The maximum atomic E-state index is 12.0. The van der Waals surface area contributed by atoms with Crippen LogP contribution in [0.1, 0.15) is 10.4 Å². The van der Waals surface area contributed by atoms with Gasteiger partial charge in [0.1, 0.15) is 5.75 Å². The van der Waals surface area contributed by atoms with Gasteiger partial charge in [-0.3, -0.25) is 0 Å². The van der Waals surface area contributed by atoms with Crippen LogP contribution in [-0.4, -0.2) is 26.4 Å². The van der Waals surface area contributed by atoms with Crippen LogP contribution in [0.5, 0.6) is 5.75 Å². The van der Waals surface area contributed by atoms with Crippen molar-refractivity contribution in [3.63, 3.8) is 0 Å². The molecule has 1 aromatic carbocycles. The Bertz CT molecular complexity index is 503. The van der Waals surface area contributed by atoms with Gasteiger partial charge in [-0.1, -0.05) is 0 Å². The van der Waals surface area contributed by atoms with Crippen molar-refractivity contribution in [2.75, 3.05) is 0 Å². The zero-order valence-corrected chi connectivity index (χ0v) is 12.1. The Balaban J connectivity index is 2.75. The van der Waals surface area contributed by atoms with Crippen LogP contribution in [0.15, 0.2) is 24.3 Å². The lowest BCUT2D eigenvalue weighted by atomic mass is 10.2. The molecular formula is C12H13F3O4Si. The van der Waals surface area contributed by atoms with Gasteiger partial charge in [-0.15, -0.1) is 0 Å². The first-order chi connectivity index (χ1) is 8.99. The van der Waals surface area contributed by atoms with Gasteiger partial charge in [0, 0.05) is 0 Å². The van der Waals surface area contributed by atoms with E-state index in [1.165, 1.54) is 12.1 Å². The van der Waals surface area contributed by atoms with E-state index in [4.69, 9.17) is 4.43 Å². The second-order valence-electron chi connectivity index (χ2n) is 4.91. The quantitative estimate of drug-likeness (QED) is 0.489. The molecule has 0 saturated carbocycles. The fourth-order valence-electron chi connectivity index (χ4n) is 1.16. The highest BCUT2D eigenvalue weighted by atomic mass is 28.4. The molecule has 0 aliphatic rings. The highest BCUT2D eigenvalue weighted by Crippen LogP contribution is 2.20. The molecule has 0 atom stereocenters. The monoisotopic (exact) mass is 306 g/mol. The van der Waals surface area contributed by atoms with E-state index in [2.05, 4.69) is 4.74 Å². The van der Waals surface area contributed by atoms with Crippen LogP contribution in [0.2, 0.25) is 19.6 Å². The molecule has 20 heavy (non-hydrogen) atoms. The highest BCUT2D eigenvalue weighted by Gasteiger charge is 2.41. The minimum Gasteiger partial charge on any atom is -0.516 e. The zero-order valence-electron chi connectivity index (χ0n) is 11.1. The molecule has 0 aliphatic carbocycles. The lowest BCUT2D eigenvalue weighted by molar-refractivity contribution is -0.189. The average Bonchev–Trinajstić information content (AvgIpc) is 2.26. The summed E-state index contributed by atoms with van der Waals surface area (Å²) in [6.45, 7) is 5.47. The molecule has 1 rings (SSSR count). The van der Waals surface area contributed by atoms with E-state index in [1.54, 1.807) is 0 Å². The predicted octanol–water partition coefficient (Wildman–Crippen LogP) is 3.15. The molecule has 110 valence electrons. The van der Waals surface area contributed by atoms with Crippen molar-refractivity contribution >= 4 is 20.3 Å². The third-order valence-electron chi connectivity index (χ3n) is 1.93. The summed E-state index contributed by atoms with van der Waals surface area (Å²) in [5.41, 5.74) is 0.180. The van der Waals surface area contributed by atoms with Crippen molar-refractivity contribution in [2.24, 2.45) is 0 Å². The van der Waals surface area contributed by atoms with Crippen molar-refractivity contribution in [1.29, 1.82) is 0 Å². The Morgan fingerprint density at radius 2 is 1.55 bits per heavy atom. The molecule has 0 unspecified atom stereocenters. The first-order valence-corrected chi connectivity index (χ1v) is 9.02. The van der Waals surface area contributed by atoms with E-state index < -0.39 is 26.4 Å². The van der Waals surface area contributed by atoms with Gasteiger partial charge in [0.05, 0.1) is 5.56 Å². The Morgan fingerprint density at radius 1 is 1.05 bits per heavy atom. The Morgan fingerprint density at radius 3 is 1.95 bits per heavy atom. The van der Waals surface area contributed by atoms with Gasteiger partial charge in [-0.05, 0) is 43.9 Å². The summed E-state index contributed by atoms with van der Waals surface area (Å²) in [6, 6.07) is 4.68. The summed E-state index contributed by atoms with van der Waals surface area (Å²) >= 11 is 0. The third kappa shape index (κ3) is 5.04. The molecule has 0 fully saturated rings. The SMILES string of the molecule is C[Si](C)(C)OC(=O)c1ccc(OC(=O)C(F)(F)F)cc1. The second-order valence-corrected chi connectivity index (χ2v) is 9.34. The van der Waals surface area contributed by atoms with Crippen molar-refractivity contribution in [3.05, 3.63) is 29.8 Å². The van der Waals surface area contributed by atoms with Crippen molar-refractivity contribution in [3.8, 4) is 5.75 Å². The fourth-order valence-corrected chi connectivity index (χ4v) is 1.84. The molecule has 0 saturated heterocycles. The lowest BCUT2D eigenvalue weighted by Crippen LogP contribution is -2.29. The van der Waals surface area contributed by atoms with Crippen LogP contribution in [0.25, 0.3) is 0 Å². The zero-order chi connectivity index (χ0) is 15.6. The van der Waals surface area contributed by atoms with Crippen LogP contribution in [0.4, 0.5) is 13.2 Å². The predicted molar refractivity (Wildman–Crippen MR) is 66.9 cm³/mol. The summed E-state index contributed by atoms with van der Waals surface area (Å²) in [7, 11) is -2.05. The van der Waals surface area contributed by atoms with Crippen molar-refractivity contribution < 1.29 is 31.9 Å². The maximum Gasteiger partial charge on any atom is 0.491 e. The molecule has 4 nitrogen and oxygen atoms in total. The summed E-state index contributed by atoms with van der Waals surface area (Å²) in [6.07, 6.45) is -5.06. The maximum absolute atomic E-state index is 12.0. The van der Waals surface area contributed by atoms with E-state index in [0.29, 0.717) is 0 Å². The van der Waals surface area contributed by atoms with Gasteiger partial charge in [-0.25, -0.2) is 9.59 Å². The number of hydrogen-bond acceptors (Lipinski definition) is 4. The third-order valence-corrected chi connectivity index (χ3v) is 2.73. The molecule has 0 spiro atoms. The van der Waals surface area contributed by atoms with E-state index in [9.17, 15) is 22.8 Å². The lowest BCUT2D eigenvalue weighted by Gasteiger charge is -2.17. The van der Waals surface area contributed by atoms with Crippen molar-refractivity contribution in [2.45, 2.75) is 25.8 Å². The number of hydrogen-bond donors (Lipinski definition) is 0. The van der Waals surface area contributed by atoms with Crippen LogP contribution in [-0.2, 0) is 9.22 Å². The smallest absolute Gasteiger partial charge is 0.491 e. The molecule has 8 heteroatoms. The van der Waals surface area contributed by atoms with E-state index in [0.717, 1.165) is 12.1 Å². The van der Waals surface area contributed by atoms with E-state index in [-0.39, 0.29) is 11.3 Å². The number of ether oxygens (including phenoxy) is 1. The number of carbonyl (C=O) groups is 2. The Hall–Kier alpha value is -1.83. The molecule has 0 heterocycles. The Labute approximate surface area is 114 Å². The second kappa shape index (κ2) is 5.66. The highest BCUT2D eigenvalue weighted by molar-refractivity contribution is 6.71. The van der Waals surface area contributed by atoms with Gasteiger partial charge in [0.25, 0.3) is 0 Å². The number of rotatable bonds is 3. The molecule has 0 aliphatic heterocycles. The van der Waals surface area contributed by atoms with Crippen LogP contribution >= 0.6 is 0 Å². The number of halogens is 3. The summed E-state index contributed by atoms with van der Waals surface area (Å²) < 4.78 is 45.3. The topological polar surface area (TPSA) is 52.6 Å². The van der Waals surface area contributed by atoms with Crippen LogP contribution in [0.3, 0.4) is 0 Å². The van der Waals surface area contributed by atoms with Gasteiger partial charge < -0.3 is 9.16 Å². The minimum atomic E-state index is -5.06. The van der Waals surface area contributed by atoms with Gasteiger partial charge >= 0.3 is 18.1 Å². The minimum absolute atomic E-state index is 0.180. The molecule has 0 amide bonds. The van der Waals surface area contributed by atoms with E-state index >= 15 is 0 Å². The standard InChI is InChI=1S/C12H13F3O4Si/c1-20(2,3)19-10(16)8-4-6-9(7-5-8)18-11(17)12(13,14)15/h4-7H,1-3H3. The fraction of sp³-hybridized carbons (Fsp3) is 0.333. The van der Waals surface area contributed by atoms with Crippen LogP contribution < -0.4 is 4.74 Å². The number of alkyl halides is 3. The summed E-state index contributed by atoms with van der Waals surface area (Å²) in [4.78, 5) is 22.3. The summed E-state index contributed by atoms with van der Waals surface area (Å²) in [5.74, 6) is -3.16. The van der Waals surface area contributed by atoms with Gasteiger partial charge in [-0.2, -0.15) is 13.2 Å². The normalized spacial score (nSPS) is 11.9. The number of carbonyl (C=O) groups excluding carboxylic acids is 2. The molecule has 0 radical (unpaired) electrons. The largest absolute Gasteiger partial charge is 0.516 e. The van der Waals surface area contributed by atoms with Crippen LogP contribution in [0, 0.1) is 0 Å². The summed E-state index contributed by atoms with van der Waals surface area (Å²) in [5, 5.41) is 0. The average molecular weight is 306 g/mol. The van der Waals surface area contributed by atoms with Crippen molar-refractivity contribution in [1.82, 2.24) is 0 Å². The first kappa shape index (κ1) is 16.2. The first-order valence-electron chi connectivity index (χ1n) is 5.61. The number of benzene rings is 1. The van der Waals surface area contributed by atoms with Gasteiger partial charge in [0.2, 0.25) is 8.32 Å². The molecule has 1 aromatic rings. The molecule has 0 aromatic heterocycles. The molecular weight excluding hydrogens is 293 g/mol. The Kier molecular flexibility index (Phi) is 4.59.